The van der Waals surface area contributed by atoms with Crippen LogP contribution in [0.3, 0.4) is 0 Å². The molecule has 0 aliphatic heterocycles. The first-order valence-corrected chi connectivity index (χ1v) is 6.17. The summed E-state index contributed by atoms with van der Waals surface area (Å²) in [6.07, 6.45) is 8.80. The number of nitrogens with one attached hydrogen (secondary N) is 1. The van der Waals surface area contributed by atoms with Gasteiger partial charge in [0.15, 0.2) is 0 Å². The molecule has 1 aromatic rings. The topological polar surface area (TPSA) is 55.9 Å². The van der Waals surface area contributed by atoms with E-state index >= 15 is 0 Å². The first-order valence-electron chi connectivity index (χ1n) is 6.17. The molecule has 4 nitrogen and oxygen atoms in total. The minimum atomic E-state index is 0.227. The summed E-state index contributed by atoms with van der Waals surface area (Å²) in [5.74, 6) is 6.27. The molecule has 0 radical (unpaired) electrons. The van der Waals surface area contributed by atoms with E-state index in [0.29, 0.717) is 5.92 Å². The van der Waals surface area contributed by atoms with Gasteiger partial charge in [0.2, 0.25) is 0 Å². The number of aryl methyl sites for hydroxylation is 1. The molecule has 0 aliphatic carbocycles. The zero-order valence-electron chi connectivity index (χ0n) is 10.6. The number of nitrogens with zero attached hydrogens (tertiary/aromatic N) is 2. The Morgan fingerprint density at radius 1 is 1.50 bits per heavy atom. The molecule has 3 N–H and O–H groups in total. The number of hydrogen-bond acceptors (Lipinski definition) is 3. The van der Waals surface area contributed by atoms with Crippen LogP contribution in [-0.2, 0) is 7.05 Å². The monoisotopic (exact) mass is 224 g/mol. The number of rotatable bonds is 7. The molecular weight excluding hydrogens is 200 g/mol. The summed E-state index contributed by atoms with van der Waals surface area (Å²) in [4.78, 5) is 0. The first kappa shape index (κ1) is 13.2. The van der Waals surface area contributed by atoms with Crippen molar-refractivity contribution in [2.75, 3.05) is 0 Å². The van der Waals surface area contributed by atoms with Gasteiger partial charge in [0.05, 0.1) is 12.2 Å². The fourth-order valence-corrected chi connectivity index (χ4v) is 2.18. The maximum Gasteiger partial charge on any atom is 0.0538 e. The molecule has 0 spiro atoms. The second kappa shape index (κ2) is 6.66. The minimum absolute atomic E-state index is 0.227. The normalized spacial score (nSPS) is 15.0. The molecule has 0 saturated heterocycles. The van der Waals surface area contributed by atoms with Crippen molar-refractivity contribution in [3.63, 3.8) is 0 Å². The number of nitrogens with two attached hydrogens (primary N) is 1. The standard InChI is InChI=1S/C12H24N4/c1-4-6-7-10(5-2)12(15-13)11-8-14-16(3)9-11/h8-10,12,15H,4-7,13H2,1-3H3. The van der Waals surface area contributed by atoms with Crippen LogP contribution in [0.5, 0.6) is 0 Å². The van der Waals surface area contributed by atoms with Crippen LogP contribution in [0.4, 0.5) is 0 Å². The Labute approximate surface area is 98.2 Å². The van der Waals surface area contributed by atoms with Crippen molar-refractivity contribution in [1.29, 1.82) is 0 Å². The molecule has 16 heavy (non-hydrogen) atoms. The van der Waals surface area contributed by atoms with Crippen LogP contribution in [0, 0.1) is 5.92 Å². The molecule has 1 aromatic heterocycles. The van der Waals surface area contributed by atoms with Gasteiger partial charge in [0, 0.05) is 18.8 Å². The van der Waals surface area contributed by atoms with E-state index in [0.717, 1.165) is 6.42 Å². The lowest BCUT2D eigenvalue weighted by Gasteiger charge is -2.24. The van der Waals surface area contributed by atoms with E-state index < -0.39 is 0 Å². The molecule has 0 fully saturated rings. The zero-order valence-corrected chi connectivity index (χ0v) is 10.6. The molecule has 0 aliphatic rings. The summed E-state index contributed by atoms with van der Waals surface area (Å²) in [7, 11) is 1.93. The molecule has 1 rings (SSSR count). The highest BCUT2D eigenvalue weighted by Crippen LogP contribution is 2.27. The molecule has 2 unspecified atom stereocenters. The van der Waals surface area contributed by atoms with Crippen molar-refractivity contribution in [3.8, 4) is 0 Å². The predicted molar refractivity (Wildman–Crippen MR) is 66.6 cm³/mol. The smallest absolute Gasteiger partial charge is 0.0538 e. The lowest BCUT2D eigenvalue weighted by Crippen LogP contribution is -2.33. The summed E-state index contributed by atoms with van der Waals surface area (Å²) in [6.45, 7) is 4.45. The van der Waals surface area contributed by atoms with Gasteiger partial charge in [-0.15, -0.1) is 0 Å². The van der Waals surface area contributed by atoms with Gasteiger partial charge < -0.3 is 0 Å². The Hall–Kier alpha value is -0.870. The van der Waals surface area contributed by atoms with Crippen molar-refractivity contribution in [1.82, 2.24) is 15.2 Å². The van der Waals surface area contributed by atoms with Gasteiger partial charge in [0.1, 0.15) is 0 Å². The lowest BCUT2D eigenvalue weighted by molar-refractivity contribution is 0.326. The van der Waals surface area contributed by atoms with Crippen molar-refractivity contribution >= 4 is 0 Å². The number of hydrazine groups is 1. The summed E-state index contributed by atoms with van der Waals surface area (Å²) in [5, 5.41) is 4.20. The number of unbranched alkanes of at least 4 members (excludes halogenated alkanes) is 1. The highest BCUT2D eigenvalue weighted by Gasteiger charge is 2.21. The van der Waals surface area contributed by atoms with Gasteiger partial charge in [-0.3, -0.25) is 16.0 Å². The minimum Gasteiger partial charge on any atom is -0.275 e. The van der Waals surface area contributed by atoms with Crippen molar-refractivity contribution in [2.24, 2.45) is 18.8 Å². The Kier molecular flexibility index (Phi) is 5.49. The summed E-state index contributed by atoms with van der Waals surface area (Å²) >= 11 is 0. The summed E-state index contributed by atoms with van der Waals surface area (Å²) in [6, 6.07) is 0.227. The molecule has 0 saturated carbocycles. The Bertz CT molecular complexity index is 295. The summed E-state index contributed by atoms with van der Waals surface area (Å²) in [5.41, 5.74) is 4.13. The maximum atomic E-state index is 5.68. The van der Waals surface area contributed by atoms with Crippen LogP contribution in [0.25, 0.3) is 0 Å². The average Bonchev–Trinajstić information content (AvgIpc) is 2.70. The molecule has 2 atom stereocenters. The van der Waals surface area contributed by atoms with Gasteiger partial charge in [-0.1, -0.05) is 33.1 Å². The van der Waals surface area contributed by atoms with Gasteiger partial charge in [-0.2, -0.15) is 5.10 Å². The third-order valence-corrected chi connectivity index (χ3v) is 3.19. The van der Waals surface area contributed by atoms with Crippen LogP contribution in [0.2, 0.25) is 0 Å². The van der Waals surface area contributed by atoms with E-state index in [1.807, 2.05) is 24.1 Å². The quantitative estimate of drug-likeness (QED) is 0.551. The van der Waals surface area contributed by atoms with Crippen LogP contribution in [-0.4, -0.2) is 9.78 Å². The second-order valence-corrected chi connectivity index (χ2v) is 4.40. The van der Waals surface area contributed by atoms with E-state index in [-0.39, 0.29) is 6.04 Å². The Balaban J connectivity index is 2.70. The van der Waals surface area contributed by atoms with E-state index in [1.54, 1.807) is 0 Å². The van der Waals surface area contributed by atoms with E-state index in [1.165, 1.54) is 24.8 Å². The highest BCUT2D eigenvalue weighted by atomic mass is 15.3. The van der Waals surface area contributed by atoms with Gasteiger partial charge in [-0.05, 0) is 12.3 Å². The third-order valence-electron chi connectivity index (χ3n) is 3.19. The molecule has 4 heteroatoms. The molecule has 0 aromatic carbocycles. The number of aromatic nitrogens is 2. The van der Waals surface area contributed by atoms with Crippen molar-refractivity contribution < 1.29 is 0 Å². The third kappa shape index (κ3) is 3.32. The first-order chi connectivity index (χ1) is 7.72. The molecule has 0 amide bonds. The largest absolute Gasteiger partial charge is 0.275 e. The fraction of sp³-hybridized carbons (Fsp3) is 0.750. The van der Waals surface area contributed by atoms with Crippen molar-refractivity contribution in [3.05, 3.63) is 18.0 Å². The fourth-order valence-electron chi connectivity index (χ4n) is 2.18. The Morgan fingerprint density at radius 2 is 2.25 bits per heavy atom. The van der Waals surface area contributed by atoms with Crippen LogP contribution >= 0.6 is 0 Å². The van der Waals surface area contributed by atoms with Crippen LogP contribution < -0.4 is 11.3 Å². The SMILES string of the molecule is CCCCC(CC)C(NN)c1cnn(C)c1. The number of hydrogen-bond donors (Lipinski definition) is 2. The highest BCUT2D eigenvalue weighted by molar-refractivity contribution is 5.11. The average molecular weight is 224 g/mol. The van der Waals surface area contributed by atoms with E-state index in [9.17, 15) is 0 Å². The predicted octanol–water partition coefficient (Wildman–Crippen LogP) is 2.14. The zero-order chi connectivity index (χ0) is 12.0. The molecule has 92 valence electrons. The van der Waals surface area contributed by atoms with Gasteiger partial charge >= 0.3 is 0 Å². The maximum absolute atomic E-state index is 5.68. The Morgan fingerprint density at radius 3 is 2.69 bits per heavy atom. The van der Waals surface area contributed by atoms with Crippen molar-refractivity contribution in [2.45, 2.75) is 45.6 Å². The van der Waals surface area contributed by atoms with Gasteiger partial charge in [0.25, 0.3) is 0 Å². The van der Waals surface area contributed by atoms with E-state index in [2.05, 4.69) is 24.4 Å². The second-order valence-electron chi connectivity index (χ2n) is 4.40. The molecule has 0 bridgehead atoms. The summed E-state index contributed by atoms with van der Waals surface area (Å²) < 4.78 is 1.83. The van der Waals surface area contributed by atoms with E-state index in [4.69, 9.17) is 5.84 Å². The van der Waals surface area contributed by atoms with Crippen LogP contribution in [0.1, 0.15) is 51.1 Å². The molecule has 1 heterocycles. The molecular formula is C12H24N4. The van der Waals surface area contributed by atoms with Crippen LogP contribution in [0.15, 0.2) is 12.4 Å². The lowest BCUT2D eigenvalue weighted by atomic mass is 9.88. The van der Waals surface area contributed by atoms with Gasteiger partial charge in [-0.25, -0.2) is 0 Å².